The molecule has 0 atom stereocenters. The summed E-state index contributed by atoms with van der Waals surface area (Å²) in [5, 5.41) is 4.47. The van der Waals surface area contributed by atoms with E-state index in [9.17, 15) is 9.59 Å². The molecule has 7 heteroatoms. The maximum atomic E-state index is 12.5. The SMILES string of the molecule is CC(C)(C)OC(=O)NNC(=O)c1nn(-c2ccccc2)c2c1CCC2. The van der Waals surface area contributed by atoms with Crippen molar-refractivity contribution in [2.45, 2.75) is 45.6 Å². The molecule has 0 spiro atoms. The Kier molecular flexibility index (Phi) is 4.48. The highest BCUT2D eigenvalue weighted by molar-refractivity contribution is 5.95. The van der Waals surface area contributed by atoms with Gasteiger partial charge in [0.1, 0.15) is 5.60 Å². The van der Waals surface area contributed by atoms with Crippen molar-refractivity contribution in [2.24, 2.45) is 0 Å². The summed E-state index contributed by atoms with van der Waals surface area (Å²) >= 11 is 0. The molecule has 1 aliphatic carbocycles. The van der Waals surface area contributed by atoms with E-state index in [1.807, 2.05) is 35.0 Å². The fraction of sp³-hybridized carbons (Fsp3) is 0.389. The minimum Gasteiger partial charge on any atom is -0.443 e. The van der Waals surface area contributed by atoms with E-state index in [0.717, 1.165) is 36.2 Å². The van der Waals surface area contributed by atoms with Crippen LogP contribution in [0, 0.1) is 0 Å². The van der Waals surface area contributed by atoms with Gasteiger partial charge in [-0.1, -0.05) is 18.2 Å². The Balaban J connectivity index is 1.77. The molecule has 132 valence electrons. The first-order chi connectivity index (χ1) is 11.8. The van der Waals surface area contributed by atoms with E-state index in [1.54, 1.807) is 20.8 Å². The monoisotopic (exact) mass is 342 g/mol. The van der Waals surface area contributed by atoms with Gasteiger partial charge in [-0.15, -0.1) is 0 Å². The third-order valence-corrected chi connectivity index (χ3v) is 3.82. The topological polar surface area (TPSA) is 85.2 Å². The molecule has 25 heavy (non-hydrogen) atoms. The lowest BCUT2D eigenvalue weighted by Crippen LogP contribution is -2.44. The molecule has 1 aromatic carbocycles. The molecular formula is C18H22N4O3. The molecule has 0 aliphatic heterocycles. The van der Waals surface area contributed by atoms with Crippen molar-refractivity contribution in [3.05, 3.63) is 47.3 Å². The van der Waals surface area contributed by atoms with Crippen LogP contribution in [0.5, 0.6) is 0 Å². The smallest absolute Gasteiger partial charge is 0.426 e. The van der Waals surface area contributed by atoms with Crippen molar-refractivity contribution in [1.29, 1.82) is 0 Å². The van der Waals surface area contributed by atoms with Crippen molar-refractivity contribution in [2.75, 3.05) is 0 Å². The molecular weight excluding hydrogens is 320 g/mol. The van der Waals surface area contributed by atoms with E-state index < -0.39 is 17.6 Å². The number of aromatic nitrogens is 2. The maximum absolute atomic E-state index is 12.5. The summed E-state index contributed by atoms with van der Waals surface area (Å²) in [7, 11) is 0. The first-order valence-corrected chi connectivity index (χ1v) is 8.31. The van der Waals surface area contributed by atoms with Crippen LogP contribution in [-0.4, -0.2) is 27.4 Å². The average Bonchev–Trinajstić information content (AvgIpc) is 3.14. The van der Waals surface area contributed by atoms with Gasteiger partial charge in [-0.05, 0) is 52.2 Å². The Morgan fingerprint density at radius 1 is 1.12 bits per heavy atom. The highest BCUT2D eigenvalue weighted by Gasteiger charge is 2.27. The average molecular weight is 342 g/mol. The number of amides is 2. The van der Waals surface area contributed by atoms with Crippen LogP contribution in [0.2, 0.25) is 0 Å². The van der Waals surface area contributed by atoms with Crippen LogP contribution in [0.25, 0.3) is 5.69 Å². The van der Waals surface area contributed by atoms with Crippen molar-refractivity contribution in [1.82, 2.24) is 20.6 Å². The quantitative estimate of drug-likeness (QED) is 0.821. The molecule has 1 aliphatic rings. The number of hydrogen-bond acceptors (Lipinski definition) is 4. The summed E-state index contributed by atoms with van der Waals surface area (Å²) in [5.74, 6) is -0.446. The van der Waals surface area contributed by atoms with Crippen LogP contribution in [0.15, 0.2) is 30.3 Å². The van der Waals surface area contributed by atoms with Gasteiger partial charge in [-0.2, -0.15) is 5.10 Å². The molecule has 2 aromatic rings. The van der Waals surface area contributed by atoms with E-state index in [-0.39, 0.29) is 0 Å². The zero-order valence-corrected chi connectivity index (χ0v) is 14.6. The van der Waals surface area contributed by atoms with Crippen LogP contribution >= 0.6 is 0 Å². The lowest BCUT2D eigenvalue weighted by molar-refractivity contribution is 0.0483. The first-order valence-electron chi connectivity index (χ1n) is 8.31. The molecule has 0 saturated heterocycles. The van der Waals surface area contributed by atoms with E-state index in [1.165, 1.54) is 0 Å². The first kappa shape index (κ1) is 17.0. The van der Waals surface area contributed by atoms with Gasteiger partial charge in [0, 0.05) is 11.3 Å². The predicted molar refractivity (Wildman–Crippen MR) is 92.4 cm³/mol. The second-order valence-corrected chi connectivity index (χ2v) is 6.96. The number of rotatable bonds is 2. The number of para-hydroxylation sites is 1. The fourth-order valence-electron chi connectivity index (χ4n) is 2.87. The summed E-state index contributed by atoms with van der Waals surface area (Å²) < 4.78 is 6.91. The van der Waals surface area contributed by atoms with Crippen molar-refractivity contribution in [3.8, 4) is 5.69 Å². The van der Waals surface area contributed by atoms with Crippen molar-refractivity contribution in [3.63, 3.8) is 0 Å². The van der Waals surface area contributed by atoms with Crippen molar-refractivity contribution >= 4 is 12.0 Å². The van der Waals surface area contributed by atoms with Crippen LogP contribution < -0.4 is 10.9 Å². The molecule has 2 N–H and O–H groups in total. The van der Waals surface area contributed by atoms with Crippen LogP contribution in [0.3, 0.4) is 0 Å². The third kappa shape index (κ3) is 3.81. The number of nitrogens with one attached hydrogen (secondary N) is 2. The molecule has 0 unspecified atom stereocenters. The number of carbonyl (C=O) groups excluding carboxylic acids is 2. The summed E-state index contributed by atoms with van der Waals surface area (Å²) in [5.41, 5.74) is 7.25. The maximum Gasteiger partial charge on any atom is 0.426 e. The second-order valence-electron chi connectivity index (χ2n) is 6.96. The molecule has 0 bridgehead atoms. The third-order valence-electron chi connectivity index (χ3n) is 3.82. The standard InChI is InChI=1S/C18H22N4O3/c1-18(2,3)25-17(24)20-19-16(23)15-13-10-7-11-14(13)22(21-15)12-8-5-4-6-9-12/h4-6,8-9H,7,10-11H2,1-3H3,(H,19,23)(H,20,24). The minimum absolute atomic E-state index is 0.340. The van der Waals surface area contributed by atoms with Crippen LogP contribution in [0.1, 0.15) is 48.9 Å². The highest BCUT2D eigenvalue weighted by Crippen LogP contribution is 2.27. The van der Waals surface area contributed by atoms with E-state index in [2.05, 4.69) is 16.0 Å². The normalized spacial score (nSPS) is 13.2. The molecule has 0 radical (unpaired) electrons. The zero-order chi connectivity index (χ0) is 18.0. The number of nitrogens with zero attached hydrogens (tertiary/aromatic N) is 2. The van der Waals surface area contributed by atoms with Gasteiger partial charge in [0.2, 0.25) is 0 Å². The Hall–Kier alpha value is -2.83. The number of hydrazine groups is 1. The van der Waals surface area contributed by atoms with Gasteiger partial charge in [0.15, 0.2) is 5.69 Å². The summed E-state index contributed by atoms with van der Waals surface area (Å²) in [4.78, 5) is 24.1. The molecule has 7 nitrogen and oxygen atoms in total. The molecule has 0 saturated carbocycles. The number of ether oxygens (including phenoxy) is 1. The van der Waals surface area contributed by atoms with E-state index in [4.69, 9.17) is 4.74 Å². The number of benzene rings is 1. The highest BCUT2D eigenvalue weighted by atomic mass is 16.6. The van der Waals surface area contributed by atoms with Gasteiger partial charge in [0.05, 0.1) is 5.69 Å². The largest absolute Gasteiger partial charge is 0.443 e. The number of carbonyl (C=O) groups is 2. The van der Waals surface area contributed by atoms with Crippen LogP contribution in [-0.2, 0) is 17.6 Å². The summed E-state index contributed by atoms with van der Waals surface area (Å²) in [6.45, 7) is 5.26. The summed E-state index contributed by atoms with van der Waals surface area (Å²) in [6.07, 6.45) is 1.96. The minimum atomic E-state index is -0.708. The van der Waals surface area contributed by atoms with E-state index >= 15 is 0 Å². The number of fused-ring (bicyclic) bond motifs is 1. The fourth-order valence-corrected chi connectivity index (χ4v) is 2.87. The molecule has 1 aromatic heterocycles. The van der Waals surface area contributed by atoms with Gasteiger partial charge in [-0.3, -0.25) is 10.2 Å². The van der Waals surface area contributed by atoms with Gasteiger partial charge in [0.25, 0.3) is 5.91 Å². The van der Waals surface area contributed by atoms with E-state index in [0.29, 0.717) is 5.69 Å². The van der Waals surface area contributed by atoms with Crippen LogP contribution in [0.4, 0.5) is 4.79 Å². The lowest BCUT2D eigenvalue weighted by Gasteiger charge is -2.19. The van der Waals surface area contributed by atoms with Gasteiger partial charge < -0.3 is 4.74 Å². The Bertz CT molecular complexity index is 791. The number of hydrogen-bond donors (Lipinski definition) is 2. The molecule has 3 rings (SSSR count). The van der Waals surface area contributed by atoms with Gasteiger partial charge in [-0.25, -0.2) is 14.9 Å². The van der Waals surface area contributed by atoms with Crippen molar-refractivity contribution < 1.29 is 14.3 Å². The Morgan fingerprint density at radius 3 is 2.52 bits per heavy atom. The lowest BCUT2D eigenvalue weighted by atomic mass is 10.2. The Labute approximate surface area is 146 Å². The predicted octanol–water partition coefficient (Wildman–Crippen LogP) is 2.53. The Morgan fingerprint density at radius 2 is 1.84 bits per heavy atom. The second kappa shape index (κ2) is 6.58. The zero-order valence-electron chi connectivity index (χ0n) is 14.6. The summed E-state index contributed by atoms with van der Waals surface area (Å²) in [6, 6.07) is 9.70. The molecule has 0 fully saturated rings. The molecule has 2 amide bonds. The molecule has 1 heterocycles. The van der Waals surface area contributed by atoms with Gasteiger partial charge >= 0.3 is 6.09 Å².